The van der Waals surface area contributed by atoms with Gasteiger partial charge in [-0.1, -0.05) is 30.3 Å². The molecular formula is C26H27F4N5O. The van der Waals surface area contributed by atoms with Gasteiger partial charge in [0.15, 0.2) is 0 Å². The summed E-state index contributed by atoms with van der Waals surface area (Å²) in [7, 11) is 0. The molecule has 5 rings (SSSR count). The highest BCUT2D eigenvalue weighted by Gasteiger charge is 2.42. The molecule has 1 atom stereocenters. The van der Waals surface area contributed by atoms with Crippen molar-refractivity contribution in [2.75, 3.05) is 22.9 Å². The molecule has 3 aromatic rings. The Morgan fingerprint density at radius 2 is 1.81 bits per heavy atom. The second kappa shape index (κ2) is 9.15. The highest BCUT2D eigenvalue weighted by Crippen LogP contribution is 2.40. The maximum atomic E-state index is 14.5. The third-order valence-corrected chi connectivity index (χ3v) is 7.24. The predicted molar refractivity (Wildman–Crippen MR) is 128 cm³/mol. The molecule has 0 saturated carbocycles. The fourth-order valence-corrected chi connectivity index (χ4v) is 5.48. The minimum Gasteiger partial charge on any atom is -0.369 e. The minimum atomic E-state index is -4.53. The topological polar surface area (TPSA) is 55.5 Å². The van der Waals surface area contributed by atoms with E-state index in [2.05, 4.69) is 10.2 Å². The average molecular weight is 502 g/mol. The molecule has 2 aliphatic rings. The van der Waals surface area contributed by atoms with Crippen molar-refractivity contribution in [2.45, 2.75) is 51.5 Å². The lowest BCUT2D eigenvalue weighted by Gasteiger charge is -2.46. The molecule has 0 radical (unpaired) electrons. The van der Waals surface area contributed by atoms with Crippen LogP contribution in [0.4, 0.5) is 33.7 Å². The van der Waals surface area contributed by atoms with E-state index in [0.29, 0.717) is 43.0 Å². The summed E-state index contributed by atoms with van der Waals surface area (Å²) in [6.45, 7) is 4.67. The molecule has 0 bridgehead atoms. The van der Waals surface area contributed by atoms with Gasteiger partial charge in [-0.3, -0.25) is 10.00 Å². The number of amides is 2. The number of H-pyrrole nitrogens is 1. The number of anilines is 2. The van der Waals surface area contributed by atoms with E-state index in [9.17, 15) is 22.4 Å². The number of hydrogen-bond acceptors (Lipinski definition) is 3. The van der Waals surface area contributed by atoms with Crippen molar-refractivity contribution in [1.29, 1.82) is 0 Å². The fourth-order valence-electron chi connectivity index (χ4n) is 5.48. The molecule has 6 nitrogen and oxygen atoms in total. The number of aromatic amines is 1. The third-order valence-electron chi connectivity index (χ3n) is 7.24. The van der Waals surface area contributed by atoms with E-state index in [0.717, 1.165) is 11.6 Å². The van der Waals surface area contributed by atoms with E-state index in [1.165, 1.54) is 35.4 Å². The number of hydrogen-bond donors (Lipinski definition) is 1. The molecule has 1 fully saturated rings. The number of carbonyl (C=O) groups excluding carboxylic acids is 1. The maximum absolute atomic E-state index is 14.5. The molecule has 3 heterocycles. The first-order valence-electron chi connectivity index (χ1n) is 11.9. The van der Waals surface area contributed by atoms with Crippen LogP contribution in [0.2, 0.25) is 0 Å². The van der Waals surface area contributed by atoms with Crippen LogP contribution in [0.3, 0.4) is 0 Å². The molecule has 0 aliphatic carbocycles. The molecule has 2 aromatic carbocycles. The van der Waals surface area contributed by atoms with Crippen molar-refractivity contribution >= 4 is 17.4 Å². The second-order valence-corrected chi connectivity index (χ2v) is 9.40. The van der Waals surface area contributed by atoms with Gasteiger partial charge in [0.25, 0.3) is 0 Å². The lowest BCUT2D eigenvalue weighted by molar-refractivity contribution is -0.138. The molecule has 1 unspecified atom stereocenters. The van der Waals surface area contributed by atoms with Crippen LogP contribution in [0.15, 0.2) is 48.7 Å². The Morgan fingerprint density at radius 1 is 1.08 bits per heavy atom. The summed E-state index contributed by atoms with van der Waals surface area (Å²) in [4.78, 5) is 18.9. The Hall–Kier alpha value is -3.56. The molecule has 2 aliphatic heterocycles. The van der Waals surface area contributed by atoms with Crippen LogP contribution in [-0.2, 0) is 12.7 Å². The number of aryl methyl sites for hydroxylation is 1. The van der Waals surface area contributed by atoms with Gasteiger partial charge in [-0.15, -0.1) is 0 Å². The number of piperidine rings is 1. The number of aromatic nitrogens is 2. The van der Waals surface area contributed by atoms with Crippen LogP contribution in [0, 0.1) is 12.7 Å². The highest BCUT2D eigenvalue weighted by atomic mass is 19.4. The van der Waals surface area contributed by atoms with Gasteiger partial charge in [-0.25, -0.2) is 9.18 Å². The van der Waals surface area contributed by atoms with Gasteiger partial charge in [0.1, 0.15) is 5.82 Å². The number of urea groups is 1. The lowest BCUT2D eigenvalue weighted by Crippen LogP contribution is -2.55. The Labute approximate surface area is 206 Å². The summed E-state index contributed by atoms with van der Waals surface area (Å²) in [6.07, 6.45) is -1.82. The normalized spacial score (nSPS) is 19.1. The van der Waals surface area contributed by atoms with Crippen LogP contribution >= 0.6 is 0 Å². The van der Waals surface area contributed by atoms with Crippen molar-refractivity contribution in [3.05, 3.63) is 76.9 Å². The van der Waals surface area contributed by atoms with Crippen LogP contribution in [-0.4, -0.2) is 40.3 Å². The monoisotopic (exact) mass is 501 g/mol. The number of nitrogens with zero attached hydrogens (tertiary/aromatic N) is 4. The van der Waals surface area contributed by atoms with Crippen LogP contribution < -0.4 is 9.80 Å². The molecule has 1 N–H and O–H groups in total. The fraction of sp³-hybridized carbons (Fsp3) is 0.385. The van der Waals surface area contributed by atoms with Crippen molar-refractivity contribution in [3.8, 4) is 0 Å². The molecular weight excluding hydrogens is 474 g/mol. The molecule has 190 valence electrons. The number of rotatable bonds is 4. The number of nitrogens with one attached hydrogen (secondary N) is 1. The van der Waals surface area contributed by atoms with E-state index < -0.39 is 11.7 Å². The van der Waals surface area contributed by atoms with Gasteiger partial charge < -0.3 is 9.80 Å². The third kappa shape index (κ3) is 4.18. The highest BCUT2D eigenvalue weighted by molar-refractivity contribution is 5.95. The van der Waals surface area contributed by atoms with E-state index in [-0.39, 0.29) is 36.0 Å². The molecule has 2 amide bonds. The zero-order valence-corrected chi connectivity index (χ0v) is 20.0. The summed E-state index contributed by atoms with van der Waals surface area (Å²) >= 11 is 0. The van der Waals surface area contributed by atoms with Gasteiger partial charge in [0, 0.05) is 19.1 Å². The largest absolute Gasteiger partial charge is 0.416 e. The predicted octanol–water partition coefficient (Wildman–Crippen LogP) is 6.05. The van der Waals surface area contributed by atoms with Gasteiger partial charge in [-0.2, -0.15) is 18.3 Å². The van der Waals surface area contributed by atoms with E-state index in [1.54, 1.807) is 11.0 Å². The molecule has 36 heavy (non-hydrogen) atoms. The summed E-state index contributed by atoms with van der Waals surface area (Å²) in [5.41, 5.74) is 1.86. The van der Waals surface area contributed by atoms with Crippen LogP contribution in [0.25, 0.3) is 0 Å². The van der Waals surface area contributed by atoms with E-state index in [4.69, 9.17) is 0 Å². The zero-order valence-electron chi connectivity index (χ0n) is 20.0. The number of halogens is 4. The van der Waals surface area contributed by atoms with Crippen molar-refractivity contribution < 1.29 is 22.4 Å². The first-order valence-corrected chi connectivity index (χ1v) is 11.9. The zero-order chi connectivity index (χ0) is 25.6. The van der Waals surface area contributed by atoms with Crippen molar-refractivity contribution in [1.82, 2.24) is 15.1 Å². The van der Waals surface area contributed by atoms with E-state index >= 15 is 0 Å². The van der Waals surface area contributed by atoms with Gasteiger partial charge in [-0.05, 0) is 49.9 Å². The first-order chi connectivity index (χ1) is 17.2. The average Bonchev–Trinajstić information content (AvgIpc) is 3.33. The summed E-state index contributed by atoms with van der Waals surface area (Å²) in [6, 6.07) is 9.48. The van der Waals surface area contributed by atoms with Crippen LogP contribution in [0.5, 0.6) is 0 Å². The van der Waals surface area contributed by atoms with Gasteiger partial charge in [0.2, 0.25) is 0 Å². The molecule has 0 spiro atoms. The quantitative estimate of drug-likeness (QED) is 0.443. The summed E-state index contributed by atoms with van der Waals surface area (Å²) < 4.78 is 55.4. The van der Waals surface area contributed by atoms with Gasteiger partial charge in [0.05, 0.1) is 41.4 Å². The maximum Gasteiger partial charge on any atom is 0.416 e. The Balaban J connectivity index is 1.41. The number of carbonyl (C=O) groups is 1. The Kier molecular flexibility index (Phi) is 6.13. The number of fused-ring (bicyclic) bond motifs is 1. The van der Waals surface area contributed by atoms with Crippen molar-refractivity contribution in [2.24, 2.45) is 0 Å². The first kappa shape index (κ1) is 24.1. The molecule has 10 heteroatoms. The second-order valence-electron chi connectivity index (χ2n) is 9.40. The molecule has 1 saturated heterocycles. The lowest BCUT2D eigenvalue weighted by atomic mass is 9.97. The van der Waals surface area contributed by atoms with Gasteiger partial charge >= 0.3 is 12.2 Å². The minimum absolute atomic E-state index is 0.0184. The summed E-state index contributed by atoms with van der Waals surface area (Å²) in [5.74, 6) is -0.271. The molecule has 1 aromatic heterocycles. The SMILES string of the molecule is Cc1cccc(F)c1N1CCC(N2C(=O)N(Cc3ccccc3C(F)(F)F)c3cn[nH]c3C2C)CC1. The van der Waals surface area contributed by atoms with Crippen LogP contribution in [0.1, 0.15) is 48.2 Å². The number of para-hydroxylation sites is 1. The standard InChI is InChI=1S/C26H27F4N5O/c1-16-6-5-9-21(27)24(16)33-12-10-19(11-13-33)35-17(2)23-22(14-31-32-23)34(25(35)36)15-18-7-3-4-8-20(18)26(28,29)30/h3-9,14,17,19H,10-13,15H2,1-2H3,(H,31,32). The smallest absolute Gasteiger partial charge is 0.369 e. The Bertz CT molecular complexity index is 1240. The summed E-state index contributed by atoms with van der Waals surface area (Å²) in [5, 5.41) is 7.02. The van der Waals surface area contributed by atoms with Crippen molar-refractivity contribution in [3.63, 3.8) is 0 Å². The Morgan fingerprint density at radius 3 is 2.50 bits per heavy atom. The number of alkyl halides is 3. The van der Waals surface area contributed by atoms with E-state index in [1.807, 2.05) is 24.8 Å². The number of benzene rings is 2.